The summed E-state index contributed by atoms with van der Waals surface area (Å²) in [7, 11) is 0. The quantitative estimate of drug-likeness (QED) is 0.477. The van der Waals surface area contributed by atoms with E-state index in [0.717, 1.165) is 0 Å². The Hall–Kier alpha value is -0.920. The molecular weight excluding hydrogens is 275 g/mol. The van der Waals surface area contributed by atoms with Crippen LogP contribution in [0, 0.1) is 20.6 Å². The van der Waals surface area contributed by atoms with Crippen LogP contribution in [0.3, 0.4) is 0 Å². The number of aromatic amines is 1. The lowest BCUT2D eigenvalue weighted by atomic mass is 10.2. The Morgan fingerprint density at radius 1 is 1.67 bits per heavy atom. The molecule has 0 atom stereocenters. The van der Waals surface area contributed by atoms with Crippen LogP contribution in [-0.2, 0) is 0 Å². The Labute approximate surface area is 81.1 Å². The van der Waals surface area contributed by atoms with Crippen molar-refractivity contribution in [1.29, 1.82) is 0 Å². The van der Waals surface area contributed by atoms with Gasteiger partial charge in [0.1, 0.15) is 0 Å². The number of halogens is 1. The van der Waals surface area contributed by atoms with E-state index in [1.54, 1.807) is 6.92 Å². The van der Waals surface area contributed by atoms with Crippen molar-refractivity contribution in [3.8, 4) is 0 Å². The number of rotatable bonds is 1. The molecule has 1 heterocycles. The summed E-state index contributed by atoms with van der Waals surface area (Å²) in [6.07, 6.45) is 1.45. The van der Waals surface area contributed by atoms with E-state index in [1.807, 2.05) is 22.6 Å². The third kappa shape index (κ3) is 1.47. The van der Waals surface area contributed by atoms with Crippen molar-refractivity contribution in [2.75, 3.05) is 0 Å². The molecule has 6 heteroatoms. The smallest absolute Gasteiger partial charge is 0.322 e. The van der Waals surface area contributed by atoms with Gasteiger partial charge in [-0.2, -0.15) is 0 Å². The molecule has 1 N–H and O–H groups in total. The number of aromatic nitrogens is 1. The minimum atomic E-state index is -0.670. The molecule has 1 rings (SSSR count). The van der Waals surface area contributed by atoms with E-state index in [-0.39, 0.29) is 5.69 Å². The van der Waals surface area contributed by atoms with Crippen molar-refractivity contribution in [3.63, 3.8) is 0 Å². The summed E-state index contributed by atoms with van der Waals surface area (Å²) in [5.74, 6) is 0. The predicted molar refractivity (Wildman–Crippen MR) is 51.2 cm³/mol. The Bertz CT molecular complexity index is 385. The molecule has 0 saturated carbocycles. The van der Waals surface area contributed by atoms with Gasteiger partial charge < -0.3 is 4.98 Å². The largest absolute Gasteiger partial charge is 0.337 e. The molecule has 0 radical (unpaired) electrons. The second-order valence-corrected chi connectivity index (χ2v) is 3.36. The number of nitro groups is 1. The molecular formula is C6H5IN2O3. The summed E-state index contributed by atoms with van der Waals surface area (Å²) >= 11 is 1.93. The number of hydrogen-bond acceptors (Lipinski definition) is 3. The zero-order chi connectivity index (χ0) is 9.30. The van der Waals surface area contributed by atoms with Crippen LogP contribution in [-0.4, -0.2) is 9.91 Å². The molecule has 0 spiro atoms. The van der Waals surface area contributed by atoms with Crippen LogP contribution in [0.15, 0.2) is 11.0 Å². The normalized spacial score (nSPS) is 9.83. The Morgan fingerprint density at radius 3 is 2.67 bits per heavy atom. The van der Waals surface area contributed by atoms with Gasteiger partial charge >= 0.3 is 11.2 Å². The SMILES string of the molecule is Cc1c(I)c[nH]c(=O)c1[N+](=O)[O-]. The molecule has 0 fully saturated rings. The Balaban J connectivity index is 3.54. The van der Waals surface area contributed by atoms with Crippen molar-refractivity contribution in [2.45, 2.75) is 6.92 Å². The van der Waals surface area contributed by atoms with Crippen molar-refractivity contribution in [2.24, 2.45) is 0 Å². The maximum Gasteiger partial charge on any atom is 0.337 e. The highest BCUT2D eigenvalue weighted by Gasteiger charge is 2.17. The first-order valence-corrected chi connectivity index (χ1v) is 4.14. The second-order valence-electron chi connectivity index (χ2n) is 2.20. The van der Waals surface area contributed by atoms with Crippen molar-refractivity contribution in [1.82, 2.24) is 4.98 Å². The molecule has 0 amide bonds. The first-order chi connectivity index (χ1) is 5.54. The number of nitrogens with one attached hydrogen (secondary N) is 1. The summed E-state index contributed by atoms with van der Waals surface area (Å²) in [5.41, 5.74) is -0.621. The highest BCUT2D eigenvalue weighted by molar-refractivity contribution is 14.1. The molecule has 0 bridgehead atoms. The average molecular weight is 280 g/mol. The molecule has 0 saturated heterocycles. The molecule has 64 valence electrons. The van der Waals surface area contributed by atoms with Gasteiger partial charge in [-0.05, 0) is 29.5 Å². The maximum atomic E-state index is 10.9. The second kappa shape index (κ2) is 3.21. The van der Waals surface area contributed by atoms with E-state index in [9.17, 15) is 14.9 Å². The van der Waals surface area contributed by atoms with Gasteiger partial charge in [0.25, 0.3) is 0 Å². The van der Waals surface area contributed by atoms with E-state index in [0.29, 0.717) is 9.13 Å². The molecule has 12 heavy (non-hydrogen) atoms. The van der Waals surface area contributed by atoms with Gasteiger partial charge in [0.2, 0.25) is 0 Å². The molecule has 0 aliphatic carbocycles. The van der Waals surface area contributed by atoms with Crippen LogP contribution in [0.4, 0.5) is 5.69 Å². The monoisotopic (exact) mass is 280 g/mol. The lowest BCUT2D eigenvalue weighted by molar-refractivity contribution is -0.387. The minimum absolute atomic E-state index is 0.373. The summed E-state index contributed by atoms with van der Waals surface area (Å²) in [6.45, 7) is 1.55. The van der Waals surface area contributed by atoms with Crippen LogP contribution in [0.2, 0.25) is 0 Å². The van der Waals surface area contributed by atoms with Crippen LogP contribution >= 0.6 is 22.6 Å². The zero-order valence-corrected chi connectivity index (χ0v) is 8.28. The van der Waals surface area contributed by atoms with Gasteiger partial charge in [-0.15, -0.1) is 0 Å². The zero-order valence-electron chi connectivity index (χ0n) is 6.13. The predicted octanol–water partition coefficient (Wildman–Crippen LogP) is 1.20. The highest BCUT2D eigenvalue weighted by atomic mass is 127. The molecule has 1 aromatic heterocycles. The van der Waals surface area contributed by atoms with Crippen molar-refractivity contribution < 1.29 is 4.92 Å². The molecule has 1 aromatic rings. The molecule has 0 aromatic carbocycles. The average Bonchev–Trinajstić information content (AvgIpc) is 1.97. The lowest BCUT2D eigenvalue weighted by Crippen LogP contribution is -2.13. The van der Waals surface area contributed by atoms with Crippen LogP contribution < -0.4 is 5.56 Å². The molecule has 0 unspecified atom stereocenters. The minimum Gasteiger partial charge on any atom is -0.322 e. The fourth-order valence-electron chi connectivity index (χ4n) is 0.809. The van der Waals surface area contributed by atoms with E-state index < -0.39 is 10.5 Å². The summed E-state index contributed by atoms with van der Waals surface area (Å²) in [4.78, 5) is 22.9. The van der Waals surface area contributed by atoms with Crippen molar-refractivity contribution >= 4 is 28.3 Å². The third-order valence-corrected chi connectivity index (χ3v) is 2.56. The Morgan fingerprint density at radius 2 is 2.25 bits per heavy atom. The van der Waals surface area contributed by atoms with Gasteiger partial charge in [0.05, 0.1) is 4.92 Å². The van der Waals surface area contributed by atoms with Crippen molar-refractivity contribution in [3.05, 3.63) is 35.8 Å². The number of nitrogens with zero attached hydrogens (tertiary/aromatic N) is 1. The van der Waals surface area contributed by atoms with E-state index >= 15 is 0 Å². The molecule has 0 aliphatic heterocycles. The molecule has 5 nitrogen and oxygen atoms in total. The third-order valence-electron chi connectivity index (χ3n) is 1.44. The van der Waals surface area contributed by atoms with E-state index in [1.165, 1.54) is 6.20 Å². The fourth-order valence-corrected chi connectivity index (χ4v) is 1.22. The van der Waals surface area contributed by atoms with Gasteiger partial charge in [-0.1, -0.05) is 0 Å². The number of pyridine rings is 1. The first kappa shape index (κ1) is 9.17. The number of H-pyrrole nitrogens is 1. The van der Waals surface area contributed by atoms with Crippen LogP contribution in [0.25, 0.3) is 0 Å². The van der Waals surface area contributed by atoms with Gasteiger partial charge in [0.15, 0.2) is 0 Å². The van der Waals surface area contributed by atoms with Crippen LogP contribution in [0.5, 0.6) is 0 Å². The van der Waals surface area contributed by atoms with E-state index in [2.05, 4.69) is 4.98 Å². The topological polar surface area (TPSA) is 76.0 Å². The van der Waals surface area contributed by atoms with Gasteiger partial charge in [-0.3, -0.25) is 14.9 Å². The molecule has 0 aliphatic rings. The van der Waals surface area contributed by atoms with Gasteiger partial charge in [0, 0.05) is 15.3 Å². The van der Waals surface area contributed by atoms with Crippen LogP contribution in [0.1, 0.15) is 5.56 Å². The van der Waals surface area contributed by atoms with Gasteiger partial charge in [-0.25, -0.2) is 0 Å². The Kier molecular flexibility index (Phi) is 2.46. The lowest BCUT2D eigenvalue weighted by Gasteiger charge is -1.96. The first-order valence-electron chi connectivity index (χ1n) is 3.06. The standard InChI is InChI=1S/C6H5IN2O3/c1-3-4(7)2-8-6(10)5(3)9(11)12/h2H,1H3,(H,8,10). The fraction of sp³-hybridized carbons (Fsp3) is 0.167. The summed E-state index contributed by atoms with van der Waals surface area (Å²) in [5, 5.41) is 10.4. The highest BCUT2D eigenvalue weighted by Crippen LogP contribution is 2.16. The van der Waals surface area contributed by atoms with E-state index in [4.69, 9.17) is 0 Å². The maximum absolute atomic E-state index is 10.9. The summed E-state index contributed by atoms with van der Waals surface area (Å²) in [6, 6.07) is 0. The number of hydrogen-bond donors (Lipinski definition) is 1. The summed E-state index contributed by atoms with van der Waals surface area (Å²) < 4.78 is 0.680.